The van der Waals surface area contributed by atoms with Crippen LogP contribution >= 0.6 is 11.6 Å². The van der Waals surface area contributed by atoms with Gasteiger partial charge in [-0.1, -0.05) is 0 Å². The van der Waals surface area contributed by atoms with Gasteiger partial charge in [-0.25, -0.2) is 17.5 Å². The van der Waals surface area contributed by atoms with Gasteiger partial charge in [0.05, 0.1) is 16.9 Å². The predicted molar refractivity (Wildman–Crippen MR) is 67.6 cm³/mol. The van der Waals surface area contributed by atoms with Gasteiger partial charge in [0.25, 0.3) is 0 Å². The Morgan fingerprint density at radius 3 is 2.72 bits per heavy atom. The molecule has 0 aliphatic carbocycles. The molecular weight excluding hydrogens is 281 g/mol. The monoisotopic (exact) mass is 295 g/mol. The minimum Gasteiger partial charge on any atom is -0.380 e. The molecule has 0 aliphatic rings. The Morgan fingerprint density at radius 1 is 1.50 bits per heavy atom. The van der Waals surface area contributed by atoms with Gasteiger partial charge in [0.1, 0.15) is 5.82 Å². The van der Waals surface area contributed by atoms with Gasteiger partial charge in [-0.3, -0.25) is 0 Å². The maximum atomic E-state index is 13.2. The zero-order valence-corrected chi connectivity index (χ0v) is 11.7. The molecule has 0 amide bonds. The fraction of sp³-hybridized carbons (Fsp3) is 0.455. The highest BCUT2D eigenvalue weighted by atomic mass is 35.5. The summed E-state index contributed by atoms with van der Waals surface area (Å²) in [7, 11) is -2.18. The Kier molecular flexibility index (Phi) is 5.52. The lowest BCUT2D eigenvalue weighted by atomic mass is 10.2. The molecule has 7 heteroatoms. The summed E-state index contributed by atoms with van der Waals surface area (Å²) < 4.78 is 44.3. The molecule has 102 valence electrons. The minimum absolute atomic E-state index is 0.0112. The number of nitrogens with one attached hydrogen (secondary N) is 1. The summed E-state index contributed by atoms with van der Waals surface area (Å²) in [6.07, 6.45) is -0.243. The second kappa shape index (κ2) is 6.47. The molecule has 0 radical (unpaired) electrons. The maximum absolute atomic E-state index is 13.2. The van der Waals surface area contributed by atoms with Crippen LogP contribution in [-0.4, -0.2) is 28.2 Å². The molecule has 0 heterocycles. The van der Waals surface area contributed by atoms with Crippen molar-refractivity contribution in [2.75, 3.05) is 13.7 Å². The summed E-state index contributed by atoms with van der Waals surface area (Å²) in [5.74, 6) is -0.599. The summed E-state index contributed by atoms with van der Waals surface area (Å²) in [6, 6.07) is 3.51. The number of methoxy groups -OCH3 is 1. The molecule has 0 fully saturated rings. The first-order chi connectivity index (χ1) is 8.40. The van der Waals surface area contributed by atoms with E-state index in [9.17, 15) is 12.8 Å². The third-order valence-electron chi connectivity index (χ3n) is 2.43. The number of hydrogen-bond donors (Lipinski definition) is 1. The Hall–Kier alpha value is -0.690. The molecule has 0 spiro atoms. The average Bonchev–Trinajstić information content (AvgIpc) is 2.36. The Balaban J connectivity index is 2.91. The van der Waals surface area contributed by atoms with Crippen molar-refractivity contribution in [3.05, 3.63) is 29.6 Å². The summed E-state index contributed by atoms with van der Waals surface area (Å²) in [6.45, 7) is 1.88. The quantitative estimate of drug-likeness (QED) is 0.815. The van der Waals surface area contributed by atoms with Crippen molar-refractivity contribution in [1.29, 1.82) is 0 Å². The predicted octanol–water partition coefficient (Wildman–Crippen LogP) is 1.88. The van der Waals surface area contributed by atoms with Crippen LogP contribution in [-0.2, 0) is 20.6 Å². The highest BCUT2D eigenvalue weighted by molar-refractivity contribution is 7.89. The van der Waals surface area contributed by atoms with Gasteiger partial charge in [-0.2, -0.15) is 0 Å². The molecule has 4 nitrogen and oxygen atoms in total. The van der Waals surface area contributed by atoms with Crippen LogP contribution in [0.15, 0.2) is 23.1 Å². The molecule has 1 unspecified atom stereocenters. The van der Waals surface area contributed by atoms with Crippen molar-refractivity contribution >= 4 is 21.6 Å². The number of hydrogen-bond acceptors (Lipinski definition) is 3. The highest BCUT2D eigenvalue weighted by Gasteiger charge is 2.16. The van der Waals surface area contributed by atoms with E-state index < -0.39 is 15.8 Å². The minimum atomic E-state index is -3.67. The summed E-state index contributed by atoms with van der Waals surface area (Å²) in [5, 5.41) is 0. The summed E-state index contributed by atoms with van der Waals surface area (Å²) in [4.78, 5) is -0.0112. The van der Waals surface area contributed by atoms with Crippen LogP contribution in [0.4, 0.5) is 4.39 Å². The topological polar surface area (TPSA) is 55.4 Å². The van der Waals surface area contributed by atoms with E-state index in [2.05, 4.69) is 4.72 Å². The fourth-order valence-electron chi connectivity index (χ4n) is 1.21. The molecule has 0 bridgehead atoms. The lowest BCUT2D eigenvalue weighted by molar-refractivity contribution is 0.122. The maximum Gasteiger partial charge on any atom is 0.240 e. The van der Waals surface area contributed by atoms with E-state index >= 15 is 0 Å². The third-order valence-corrected chi connectivity index (χ3v) is 4.14. The molecule has 1 rings (SSSR count). The lowest BCUT2D eigenvalue weighted by Crippen LogP contribution is -2.31. The van der Waals surface area contributed by atoms with Gasteiger partial charge < -0.3 is 4.74 Å². The zero-order chi connectivity index (χ0) is 13.8. The van der Waals surface area contributed by atoms with Crippen LogP contribution < -0.4 is 4.72 Å². The van der Waals surface area contributed by atoms with Crippen LogP contribution in [0.2, 0.25) is 0 Å². The molecular formula is C11H15ClFNO3S. The third kappa shape index (κ3) is 3.91. The highest BCUT2D eigenvalue weighted by Crippen LogP contribution is 2.16. The van der Waals surface area contributed by atoms with Crippen LogP contribution in [0, 0.1) is 5.82 Å². The number of ether oxygens (including phenoxy) is 1. The summed E-state index contributed by atoms with van der Waals surface area (Å²) in [5.41, 5.74) is 0.152. The first-order valence-corrected chi connectivity index (χ1v) is 7.29. The molecule has 0 aromatic heterocycles. The fourth-order valence-corrected chi connectivity index (χ4v) is 2.58. The van der Waals surface area contributed by atoms with E-state index in [0.29, 0.717) is 0 Å². The van der Waals surface area contributed by atoms with Crippen LogP contribution in [0.1, 0.15) is 12.5 Å². The Labute approximate surface area is 111 Å². The van der Waals surface area contributed by atoms with Crippen molar-refractivity contribution in [2.45, 2.75) is 23.8 Å². The van der Waals surface area contributed by atoms with E-state index in [4.69, 9.17) is 16.3 Å². The molecule has 1 N–H and O–H groups in total. The zero-order valence-electron chi connectivity index (χ0n) is 10.1. The Bertz CT molecular complexity index is 507. The molecule has 1 aromatic carbocycles. The van der Waals surface area contributed by atoms with Gasteiger partial charge in [-0.05, 0) is 25.1 Å². The van der Waals surface area contributed by atoms with Gasteiger partial charge in [0.15, 0.2) is 0 Å². The van der Waals surface area contributed by atoms with Gasteiger partial charge in [-0.15, -0.1) is 11.6 Å². The van der Waals surface area contributed by atoms with E-state index in [1.165, 1.54) is 19.2 Å². The van der Waals surface area contributed by atoms with Crippen LogP contribution in [0.3, 0.4) is 0 Å². The van der Waals surface area contributed by atoms with Crippen molar-refractivity contribution in [2.24, 2.45) is 0 Å². The smallest absolute Gasteiger partial charge is 0.240 e. The molecule has 1 atom stereocenters. The second-order valence-corrected chi connectivity index (χ2v) is 5.82. The lowest BCUT2D eigenvalue weighted by Gasteiger charge is -2.12. The number of sulfonamides is 1. The number of rotatable bonds is 6. The number of alkyl halides is 1. The average molecular weight is 296 g/mol. The van der Waals surface area contributed by atoms with Gasteiger partial charge in [0, 0.05) is 19.2 Å². The first-order valence-electron chi connectivity index (χ1n) is 5.27. The normalized spacial score (nSPS) is 13.6. The SMILES string of the molecule is COC(C)CNS(=O)(=O)c1ccc(F)c(CCl)c1. The van der Waals surface area contributed by atoms with Crippen LogP contribution in [0.5, 0.6) is 0 Å². The van der Waals surface area contributed by atoms with Gasteiger partial charge >= 0.3 is 0 Å². The van der Waals surface area contributed by atoms with Gasteiger partial charge in [0.2, 0.25) is 10.0 Å². The standard InChI is InChI=1S/C11H15ClFNO3S/c1-8(17-2)7-14-18(15,16)10-3-4-11(13)9(5-10)6-12/h3-5,8,14H,6-7H2,1-2H3. The van der Waals surface area contributed by atoms with Crippen molar-refractivity contribution in [1.82, 2.24) is 4.72 Å². The van der Waals surface area contributed by atoms with E-state index in [-0.39, 0.29) is 29.0 Å². The van der Waals surface area contributed by atoms with Crippen LogP contribution in [0.25, 0.3) is 0 Å². The molecule has 0 saturated carbocycles. The summed E-state index contributed by atoms with van der Waals surface area (Å²) >= 11 is 5.53. The molecule has 0 saturated heterocycles. The first kappa shape index (κ1) is 15.4. The Morgan fingerprint density at radius 2 is 2.17 bits per heavy atom. The van der Waals surface area contributed by atoms with E-state index in [1.807, 2.05) is 0 Å². The van der Waals surface area contributed by atoms with Crippen molar-refractivity contribution in [3.63, 3.8) is 0 Å². The number of halogens is 2. The largest absolute Gasteiger partial charge is 0.380 e. The van der Waals surface area contributed by atoms with Crippen molar-refractivity contribution < 1.29 is 17.5 Å². The van der Waals surface area contributed by atoms with Crippen molar-refractivity contribution in [3.8, 4) is 0 Å². The van der Waals surface area contributed by atoms with E-state index in [0.717, 1.165) is 6.07 Å². The molecule has 18 heavy (non-hydrogen) atoms. The number of benzene rings is 1. The molecule has 0 aliphatic heterocycles. The molecule has 1 aromatic rings. The second-order valence-electron chi connectivity index (χ2n) is 3.79. The van der Waals surface area contributed by atoms with E-state index in [1.54, 1.807) is 6.92 Å².